The van der Waals surface area contributed by atoms with Gasteiger partial charge in [-0.25, -0.2) is 0 Å². The van der Waals surface area contributed by atoms with Crippen molar-refractivity contribution in [2.75, 3.05) is 0 Å². The van der Waals surface area contributed by atoms with Gasteiger partial charge in [0, 0.05) is 0 Å². The topological polar surface area (TPSA) is 58.2 Å². The van der Waals surface area contributed by atoms with Crippen LogP contribution in [0, 0.1) is 0 Å². The fourth-order valence-corrected chi connectivity index (χ4v) is 2.13. The zero-order valence-corrected chi connectivity index (χ0v) is 7.72. The Balaban J connectivity index is 2.20. The highest BCUT2D eigenvalue weighted by Crippen LogP contribution is 2.31. The highest BCUT2D eigenvalue weighted by molar-refractivity contribution is 5.99. The molecule has 72 valence electrons. The summed E-state index contributed by atoms with van der Waals surface area (Å²) in [6.07, 6.45) is 3.64. The van der Waals surface area contributed by atoms with Crippen molar-refractivity contribution in [1.29, 1.82) is 0 Å². The van der Waals surface area contributed by atoms with Crippen molar-refractivity contribution in [3.8, 4) is 0 Å². The first-order valence-corrected chi connectivity index (χ1v) is 4.77. The Bertz CT molecular complexity index is 256. The molecule has 0 aromatic rings. The van der Waals surface area contributed by atoms with E-state index in [1.165, 1.54) is 0 Å². The summed E-state index contributed by atoms with van der Waals surface area (Å²) in [4.78, 5) is 23.0. The number of hydrogen-bond acceptors (Lipinski definition) is 2. The van der Waals surface area contributed by atoms with Gasteiger partial charge in [0.25, 0.3) is 0 Å². The van der Waals surface area contributed by atoms with Crippen LogP contribution >= 0.6 is 0 Å². The molecule has 4 heteroatoms. The maximum atomic E-state index is 11.6. The van der Waals surface area contributed by atoms with Crippen LogP contribution in [0.4, 0.5) is 0 Å². The number of rotatable bonds is 0. The summed E-state index contributed by atoms with van der Waals surface area (Å²) in [5.41, 5.74) is -0.566. The highest BCUT2D eigenvalue weighted by Gasteiger charge is 2.46. The third-order valence-electron chi connectivity index (χ3n) is 3.00. The molecule has 1 aliphatic heterocycles. The van der Waals surface area contributed by atoms with Gasteiger partial charge in [-0.05, 0) is 19.8 Å². The van der Waals surface area contributed by atoms with Crippen LogP contribution in [0.3, 0.4) is 0 Å². The molecule has 1 heterocycles. The van der Waals surface area contributed by atoms with E-state index in [1.54, 1.807) is 6.92 Å². The number of hydrogen-bond donors (Lipinski definition) is 2. The van der Waals surface area contributed by atoms with Crippen molar-refractivity contribution in [3.05, 3.63) is 0 Å². The van der Waals surface area contributed by atoms with Gasteiger partial charge in [-0.15, -0.1) is 0 Å². The van der Waals surface area contributed by atoms with Crippen molar-refractivity contribution in [1.82, 2.24) is 10.6 Å². The summed E-state index contributed by atoms with van der Waals surface area (Å²) in [5, 5.41) is 5.55. The maximum Gasteiger partial charge on any atom is 0.246 e. The lowest BCUT2D eigenvalue weighted by Crippen LogP contribution is -2.67. The molecule has 1 spiro atoms. The van der Waals surface area contributed by atoms with E-state index in [0.717, 1.165) is 25.7 Å². The molecule has 0 bridgehead atoms. The monoisotopic (exact) mass is 182 g/mol. The lowest BCUT2D eigenvalue weighted by molar-refractivity contribution is -0.141. The highest BCUT2D eigenvalue weighted by atomic mass is 16.2. The molecule has 13 heavy (non-hydrogen) atoms. The van der Waals surface area contributed by atoms with Crippen LogP contribution in [0.15, 0.2) is 0 Å². The van der Waals surface area contributed by atoms with Crippen LogP contribution < -0.4 is 10.6 Å². The van der Waals surface area contributed by atoms with Gasteiger partial charge in [-0.1, -0.05) is 12.8 Å². The third-order valence-corrected chi connectivity index (χ3v) is 3.00. The zero-order chi connectivity index (χ0) is 9.47. The fraction of sp³-hybridized carbons (Fsp3) is 0.778. The number of amides is 2. The predicted octanol–water partition coefficient (Wildman–Crippen LogP) is -0.0663. The minimum absolute atomic E-state index is 0.00269. The fourth-order valence-electron chi connectivity index (χ4n) is 2.13. The number of nitrogens with one attached hydrogen (secondary N) is 2. The van der Waals surface area contributed by atoms with Gasteiger partial charge in [0.2, 0.25) is 11.8 Å². The Kier molecular flexibility index (Phi) is 1.78. The molecular formula is C9H14N2O2. The predicted molar refractivity (Wildman–Crippen MR) is 46.9 cm³/mol. The number of piperazine rings is 1. The van der Waals surface area contributed by atoms with E-state index >= 15 is 0 Å². The van der Waals surface area contributed by atoms with Crippen LogP contribution in [0.2, 0.25) is 0 Å². The van der Waals surface area contributed by atoms with Gasteiger partial charge in [-0.3, -0.25) is 9.59 Å². The second-order valence-electron chi connectivity index (χ2n) is 3.97. The largest absolute Gasteiger partial charge is 0.343 e. The Morgan fingerprint density at radius 3 is 2.54 bits per heavy atom. The van der Waals surface area contributed by atoms with E-state index in [-0.39, 0.29) is 17.9 Å². The first-order chi connectivity index (χ1) is 6.14. The molecule has 2 fully saturated rings. The minimum atomic E-state index is -0.566. The van der Waals surface area contributed by atoms with Crippen molar-refractivity contribution in [2.45, 2.75) is 44.2 Å². The average Bonchev–Trinajstić information content (AvgIpc) is 2.51. The second kappa shape index (κ2) is 2.72. The number of carbonyl (C=O) groups is 2. The van der Waals surface area contributed by atoms with Crippen LogP contribution in [-0.2, 0) is 9.59 Å². The van der Waals surface area contributed by atoms with E-state index in [2.05, 4.69) is 10.6 Å². The zero-order valence-electron chi connectivity index (χ0n) is 7.72. The molecule has 4 nitrogen and oxygen atoms in total. The van der Waals surface area contributed by atoms with Gasteiger partial charge in [-0.2, -0.15) is 0 Å². The molecule has 2 aliphatic rings. The van der Waals surface area contributed by atoms with Crippen molar-refractivity contribution < 1.29 is 9.59 Å². The molecular weight excluding hydrogens is 168 g/mol. The molecule has 1 aliphatic carbocycles. The van der Waals surface area contributed by atoms with Crippen LogP contribution in [0.5, 0.6) is 0 Å². The van der Waals surface area contributed by atoms with Crippen molar-refractivity contribution >= 4 is 11.8 Å². The van der Waals surface area contributed by atoms with E-state index in [9.17, 15) is 9.59 Å². The van der Waals surface area contributed by atoms with E-state index in [1.807, 2.05) is 0 Å². The maximum absolute atomic E-state index is 11.6. The molecule has 2 rings (SSSR count). The van der Waals surface area contributed by atoms with Crippen LogP contribution in [0.25, 0.3) is 0 Å². The SMILES string of the molecule is C[C@@H]1NC(=O)C2(CCCC2)NC1=O. The normalized spacial score (nSPS) is 31.6. The molecule has 0 radical (unpaired) electrons. The lowest BCUT2D eigenvalue weighted by Gasteiger charge is -2.36. The summed E-state index contributed by atoms with van der Waals surface area (Å²) in [7, 11) is 0. The lowest BCUT2D eigenvalue weighted by atomic mass is 9.93. The molecule has 2 N–H and O–H groups in total. The van der Waals surface area contributed by atoms with Crippen molar-refractivity contribution in [2.24, 2.45) is 0 Å². The van der Waals surface area contributed by atoms with Crippen LogP contribution in [-0.4, -0.2) is 23.4 Å². The van der Waals surface area contributed by atoms with Gasteiger partial charge < -0.3 is 10.6 Å². The molecule has 1 saturated carbocycles. The molecule has 1 saturated heterocycles. The second-order valence-corrected chi connectivity index (χ2v) is 3.97. The summed E-state index contributed by atoms with van der Waals surface area (Å²) >= 11 is 0. The Hall–Kier alpha value is -1.06. The number of carbonyl (C=O) groups excluding carboxylic acids is 2. The summed E-state index contributed by atoms with van der Waals surface area (Å²) in [6.45, 7) is 1.70. The Morgan fingerprint density at radius 1 is 1.31 bits per heavy atom. The third kappa shape index (κ3) is 1.20. The van der Waals surface area contributed by atoms with E-state index in [0.29, 0.717) is 0 Å². The quantitative estimate of drug-likeness (QED) is 0.551. The minimum Gasteiger partial charge on any atom is -0.343 e. The van der Waals surface area contributed by atoms with Gasteiger partial charge in [0.05, 0.1) is 0 Å². The Morgan fingerprint density at radius 2 is 1.92 bits per heavy atom. The van der Waals surface area contributed by atoms with Gasteiger partial charge in [0.1, 0.15) is 11.6 Å². The molecule has 0 aromatic carbocycles. The average molecular weight is 182 g/mol. The standard InChI is InChI=1S/C9H14N2O2/c1-6-7(12)11-9(8(13)10-6)4-2-3-5-9/h6H,2-5H2,1H3,(H,10,13)(H,11,12)/t6-/m0/s1. The molecule has 0 unspecified atom stereocenters. The summed E-state index contributed by atoms with van der Waals surface area (Å²) in [5.74, 6) is -0.0569. The first-order valence-electron chi connectivity index (χ1n) is 4.77. The summed E-state index contributed by atoms with van der Waals surface area (Å²) in [6, 6.07) is -0.376. The van der Waals surface area contributed by atoms with Gasteiger partial charge in [0.15, 0.2) is 0 Å². The van der Waals surface area contributed by atoms with Crippen molar-refractivity contribution in [3.63, 3.8) is 0 Å². The Labute approximate surface area is 77.1 Å². The van der Waals surface area contributed by atoms with Gasteiger partial charge >= 0.3 is 0 Å². The molecule has 0 aromatic heterocycles. The van der Waals surface area contributed by atoms with Crippen LogP contribution in [0.1, 0.15) is 32.6 Å². The summed E-state index contributed by atoms with van der Waals surface area (Å²) < 4.78 is 0. The molecule has 2 amide bonds. The van der Waals surface area contributed by atoms with E-state index < -0.39 is 5.54 Å². The first kappa shape index (κ1) is 8.53. The molecule has 1 atom stereocenters. The van der Waals surface area contributed by atoms with E-state index in [4.69, 9.17) is 0 Å². The smallest absolute Gasteiger partial charge is 0.246 e.